The fourth-order valence-electron chi connectivity index (χ4n) is 1.95. The third-order valence-corrected chi connectivity index (χ3v) is 3.89. The Balaban J connectivity index is 2.50. The van der Waals surface area contributed by atoms with Gasteiger partial charge in [0.25, 0.3) is 0 Å². The number of ether oxygens (including phenoxy) is 1. The molecule has 0 saturated carbocycles. The number of carbonyl (C=O) groups excluding carboxylic acids is 1. The Morgan fingerprint density at radius 2 is 2.00 bits per heavy atom. The summed E-state index contributed by atoms with van der Waals surface area (Å²) in [5.41, 5.74) is -2.63. The molecule has 1 aromatic rings. The maximum absolute atomic E-state index is 12.6. The predicted octanol–water partition coefficient (Wildman–Crippen LogP) is 1.98. The van der Waals surface area contributed by atoms with Crippen LogP contribution in [0.25, 0.3) is 0 Å². The largest absolute Gasteiger partial charge is 0.472 e. The Morgan fingerprint density at radius 3 is 2.50 bits per heavy atom. The fourth-order valence-corrected chi connectivity index (χ4v) is 2.63. The van der Waals surface area contributed by atoms with Gasteiger partial charge in [0, 0.05) is 17.9 Å². The topological polar surface area (TPSA) is 80.7 Å². The maximum Gasteiger partial charge on any atom is 0.416 e. The first-order valence-corrected chi connectivity index (χ1v) is 6.92. The molecule has 1 aromatic carbocycles. The molecule has 1 aliphatic rings. The van der Waals surface area contributed by atoms with E-state index in [1.165, 1.54) is 0 Å². The molecule has 2 atom stereocenters. The number of hydrogen-bond acceptors (Lipinski definition) is 4. The summed E-state index contributed by atoms with van der Waals surface area (Å²) in [7, 11) is -4.62. The van der Waals surface area contributed by atoms with Crippen molar-refractivity contribution in [3.63, 3.8) is 0 Å². The smallest absolute Gasteiger partial charge is 0.416 e. The van der Waals surface area contributed by atoms with Gasteiger partial charge in [-0.1, -0.05) is 6.07 Å². The molecule has 2 rings (SSSR count). The average Bonchev–Trinajstić information content (AvgIpc) is 2.34. The molecule has 1 aliphatic heterocycles. The number of hydrogen-bond donors (Lipinski definition) is 1. The molecule has 110 valence electrons. The number of fused-ring (bicyclic) bond motifs is 1. The van der Waals surface area contributed by atoms with Crippen LogP contribution in [0.15, 0.2) is 18.2 Å². The first kappa shape index (κ1) is 14.8. The highest BCUT2D eigenvalue weighted by Crippen LogP contribution is 2.40. The molecule has 20 heavy (non-hydrogen) atoms. The Hall–Kier alpha value is -1.61. The molecule has 1 N–H and O–H groups in total. The zero-order valence-electron chi connectivity index (χ0n) is 9.79. The lowest BCUT2D eigenvalue weighted by atomic mass is 9.93. The van der Waals surface area contributed by atoms with Gasteiger partial charge in [-0.25, -0.2) is 0 Å². The number of alkyl halides is 3. The molecular weight excluding hydrogens is 301 g/mol. The lowest BCUT2D eigenvalue weighted by Gasteiger charge is -2.28. The third-order valence-electron chi connectivity index (χ3n) is 2.94. The summed E-state index contributed by atoms with van der Waals surface area (Å²) in [5.74, 6) is -1.32. The summed E-state index contributed by atoms with van der Waals surface area (Å²) >= 11 is 0. The molecule has 0 fully saturated rings. The van der Waals surface area contributed by atoms with Gasteiger partial charge in [-0.15, -0.1) is 0 Å². The molecule has 0 aliphatic carbocycles. The van der Waals surface area contributed by atoms with Crippen LogP contribution in [0.5, 0.6) is 5.75 Å². The molecule has 0 saturated heterocycles. The zero-order valence-corrected chi connectivity index (χ0v) is 10.6. The lowest BCUT2D eigenvalue weighted by Crippen LogP contribution is -2.33. The number of halogens is 3. The molecule has 2 unspecified atom stereocenters. The van der Waals surface area contributed by atoms with E-state index in [0.29, 0.717) is 12.4 Å². The van der Waals surface area contributed by atoms with Crippen molar-refractivity contribution in [1.29, 1.82) is 0 Å². The second kappa shape index (κ2) is 4.74. The van der Waals surface area contributed by atoms with Gasteiger partial charge in [0.2, 0.25) is 5.44 Å². The second-order valence-corrected chi connectivity index (χ2v) is 5.85. The van der Waals surface area contributed by atoms with Crippen molar-refractivity contribution in [2.45, 2.75) is 24.0 Å². The summed E-state index contributed by atoms with van der Waals surface area (Å²) in [4.78, 5) is 10.9. The highest BCUT2D eigenvalue weighted by Gasteiger charge is 2.38. The van der Waals surface area contributed by atoms with Gasteiger partial charge in [0.15, 0.2) is 0 Å². The second-order valence-electron chi connectivity index (χ2n) is 4.29. The highest BCUT2D eigenvalue weighted by molar-refractivity contribution is 7.86. The van der Waals surface area contributed by atoms with Crippen molar-refractivity contribution in [2.75, 3.05) is 0 Å². The Kier molecular flexibility index (Phi) is 3.51. The van der Waals surface area contributed by atoms with Gasteiger partial charge < -0.3 is 9.53 Å². The molecule has 0 bridgehead atoms. The monoisotopic (exact) mass is 310 g/mol. The van der Waals surface area contributed by atoms with E-state index in [9.17, 15) is 26.4 Å². The van der Waals surface area contributed by atoms with Gasteiger partial charge in [-0.2, -0.15) is 21.6 Å². The molecule has 0 radical (unpaired) electrons. The van der Waals surface area contributed by atoms with Crippen molar-refractivity contribution in [3.8, 4) is 5.75 Å². The van der Waals surface area contributed by atoms with Crippen molar-refractivity contribution in [3.05, 3.63) is 29.3 Å². The number of carbonyl (C=O) groups is 1. The molecule has 0 spiro atoms. The molecule has 9 heteroatoms. The van der Waals surface area contributed by atoms with E-state index >= 15 is 0 Å². The van der Waals surface area contributed by atoms with Crippen LogP contribution in [0, 0.1) is 0 Å². The number of benzene rings is 1. The molecular formula is C11H9F3O5S. The molecule has 5 nitrogen and oxygen atoms in total. The van der Waals surface area contributed by atoms with E-state index in [0.717, 1.165) is 12.1 Å². The summed E-state index contributed by atoms with van der Waals surface area (Å²) in [5, 5.41) is 0. The summed E-state index contributed by atoms with van der Waals surface area (Å²) in [6.07, 6.45) is -4.56. The van der Waals surface area contributed by atoms with E-state index in [4.69, 9.17) is 9.29 Å². The zero-order chi connectivity index (χ0) is 15.1. The minimum Gasteiger partial charge on any atom is -0.472 e. The standard InChI is InChI=1S/C11H9F3O5S/c12-11(13,14)7-1-2-8-6(5-15)3-10(20(16,17)18)19-9(8)4-7/h1-2,4-6,10H,3H2,(H,16,17,18). The quantitative estimate of drug-likeness (QED) is 0.667. The SMILES string of the molecule is O=CC1CC(S(=O)(=O)O)Oc2cc(C(F)(F)F)ccc21. The number of aldehydes is 1. The van der Waals surface area contributed by atoms with Crippen LogP contribution >= 0.6 is 0 Å². The maximum atomic E-state index is 12.6. The van der Waals surface area contributed by atoms with E-state index in [-0.39, 0.29) is 17.7 Å². The molecule has 0 amide bonds. The summed E-state index contributed by atoms with van der Waals surface area (Å²) in [6, 6.07) is 2.47. The third kappa shape index (κ3) is 2.78. The summed E-state index contributed by atoms with van der Waals surface area (Å²) < 4.78 is 73.6. The van der Waals surface area contributed by atoms with Crippen LogP contribution in [0.4, 0.5) is 13.2 Å². The lowest BCUT2D eigenvalue weighted by molar-refractivity contribution is -0.137. The van der Waals surface area contributed by atoms with Gasteiger partial charge in [-0.3, -0.25) is 4.55 Å². The predicted molar refractivity (Wildman–Crippen MR) is 60.8 cm³/mol. The van der Waals surface area contributed by atoms with E-state index in [1.807, 2.05) is 0 Å². The molecule has 0 aromatic heterocycles. The van der Waals surface area contributed by atoms with Gasteiger partial charge in [0.05, 0.1) is 5.56 Å². The normalized spacial score (nSPS) is 22.8. The fraction of sp³-hybridized carbons (Fsp3) is 0.364. The minimum atomic E-state index is -4.62. The van der Waals surface area contributed by atoms with Crippen molar-refractivity contribution >= 4 is 16.4 Å². The van der Waals surface area contributed by atoms with Crippen LogP contribution in [0.3, 0.4) is 0 Å². The first-order valence-electron chi connectivity index (χ1n) is 5.42. The van der Waals surface area contributed by atoms with Gasteiger partial charge in [0.1, 0.15) is 12.0 Å². The molecule has 1 heterocycles. The van der Waals surface area contributed by atoms with Crippen LogP contribution in [0.2, 0.25) is 0 Å². The van der Waals surface area contributed by atoms with Crippen LogP contribution < -0.4 is 4.74 Å². The summed E-state index contributed by atoms with van der Waals surface area (Å²) in [6.45, 7) is 0. The van der Waals surface area contributed by atoms with Crippen LogP contribution in [-0.2, 0) is 21.1 Å². The van der Waals surface area contributed by atoms with Crippen molar-refractivity contribution < 1.29 is 35.7 Å². The Bertz CT molecular complexity index is 638. The van der Waals surface area contributed by atoms with Crippen molar-refractivity contribution in [2.24, 2.45) is 0 Å². The Labute approximate surface area is 112 Å². The average molecular weight is 310 g/mol. The van der Waals surface area contributed by atoms with E-state index in [2.05, 4.69) is 0 Å². The van der Waals surface area contributed by atoms with Crippen LogP contribution in [-0.4, -0.2) is 24.7 Å². The van der Waals surface area contributed by atoms with Crippen LogP contribution in [0.1, 0.15) is 23.5 Å². The Morgan fingerprint density at radius 1 is 1.35 bits per heavy atom. The minimum absolute atomic E-state index is 0.160. The van der Waals surface area contributed by atoms with E-state index in [1.54, 1.807) is 0 Å². The van der Waals surface area contributed by atoms with Gasteiger partial charge >= 0.3 is 16.3 Å². The first-order chi connectivity index (χ1) is 9.13. The van der Waals surface area contributed by atoms with Crippen molar-refractivity contribution in [1.82, 2.24) is 0 Å². The van der Waals surface area contributed by atoms with Gasteiger partial charge in [-0.05, 0) is 12.1 Å². The number of rotatable bonds is 2. The van der Waals surface area contributed by atoms with E-state index < -0.39 is 33.2 Å². The highest BCUT2D eigenvalue weighted by atomic mass is 32.2.